The normalized spacial score (nSPS) is 23.5. The SMILES string of the molecule is O=C(NCC1C2CN(CCc3ccccc3)CC12)c1cccc(OC(F)(F)F)c1. The molecule has 7 heteroatoms. The lowest BCUT2D eigenvalue weighted by molar-refractivity contribution is -0.274. The summed E-state index contributed by atoms with van der Waals surface area (Å²) in [4.78, 5) is 14.8. The molecule has 1 amide bonds. The molecule has 2 atom stereocenters. The highest BCUT2D eigenvalue weighted by molar-refractivity contribution is 5.94. The second kappa shape index (κ2) is 8.06. The van der Waals surface area contributed by atoms with Crippen LogP contribution in [0.4, 0.5) is 13.2 Å². The molecular formula is C22H23F3N2O2. The van der Waals surface area contributed by atoms with Gasteiger partial charge in [0, 0.05) is 31.7 Å². The molecule has 0 bridgehead atoms. The molecule has 2 aliphatic rings. The lowest BCUT2D eigenvalue weighted by Crippen LogP contribution is -2.31. The summed E-state index contributed by atoms with van der Waals surface area (Å²) in [6.45, 7) is 3.70. The van der Waals surface area contributed by atoms with Crippen molar-refractivity contribution >= 4 is 5.91 Å². The Hall–Kier alpha value is -2.54. The summed E-state index contributed by atoms with van der Waals surface area (Å²) in [5.41, 5.74) is 1.51. The number of carbonyl (C=O) groups excluding carboxylic acids is 1. The predicted octanol–water partition coefficient (Wildman–Crippen LogP) is 3.74. The fourth-order valence-corrected chi connectivity index (χ4v) is 4.30. The molecule has 154 valence electrons. The number of benzene rings is 2. The van der Waals surface area contributed by atoms with Gasteiger partial charge in [0.15, 0.2) is 0 Å². The van der Waals surface area contributed by atoms with Gasteiger partial charge in [-0.15, -0.1) is 13.2 Å². The molecule has 1 saturated carbocycles. The Kier molecular flexibility index (Phi) is 5.50. The molecule has 2 aromatic rings. The Morgan fingerprint density at radius 1 is 1.07 bits per heavy atom. The third-order valence-corrected chi connectivity index (χ3v) is 5.83. The highest BCUT2D eigenvalue weighted by atomic mass is 19.4. The number of piperidine rings is 1. The number of alkyl halides is 3. The van der Waals surface area contributed by atoms with Crippen molar-refractivity contribution in [1.29, 1.82) is 0 Å². The zero-order valence-electron chi connectivity index (χ0n) is 15.9. The van der Waals surface area contributed by atoms with Crippen LogP contribution in [0.3, 0.4) is 0 Å². The summed E-state index contributed by atoms with van der Waals surface area (Å²) in [7, 11) is 0. The van der Waals surface area contributed by atoms with Crippen molar-refractivity contribution in [1.82, 2.24) is 10.2 Å². The summed E-state index contributed by atoms with van der Waals surface area (Å²) < 4.78 is 40.8. The minimum atomic E-state index is -4.77. The maximum Gasteiger partial charge on any atom is 0.573 e. The minimum absolute atomic E-state index is 0.169. The average Bonchev–Trinajstić information content (AvgIpc) is 3.14. The molecule has 4 rings (SSSR count). The molecule has 1 heterocycles. The second-order valence-corrected chi connectivity index (χ2v) is 7.77. The van der Waals surface area contributed by atoms with Gasteiger partial charge in [-0.3, -0.25) is 4.79 Å². The summed E-state index contributed by atoms with van der Waals surface area (Å²) in [5.74, 6) is 0.907. The van der Waals surface area contributed by atoms with E-state index < -0.39 is 6.36 Å². The van der Waals surface area contributed by atoms with E-state index in [2.05, 4.69) is 39.2 Å². The van der Waals surface area contributed by atoms with Crippen molar-refractivity contribution in [3.63, 3.8) is 0 Å². The first-order chi connectivity index (χ1) is 13.9. The van der Waals surface area contributed by atoms with Crippen molar-refractivity contribution in [3.05, 3.63) is 65.7 Å². The van der Waals surface area contributed by atoms with Crippen LogP contribution in [0, 0.1) is 17.8 Å². The first-order valence-electron chi connectivity index (χ1n) is 9.79. The number of halogens is 3. The molecule has 0 spiro atoms. The fraction of sp³-hybridized carbons (Fsp3) is 0.409. The van der Waals surface area contributed by atoms with E-state index >= 15 is 0 Å². The van der Waals surface area contributed by atoms with Crippen molar-refractivity contribution in [3.8, 4) is 5.75 Å². The summed E-state index contributed by atoms with van der Waals surface area (Å²) >= 11 is 0. The lowest BCUT2D eigenvalue weighted by Gasteiger charge is -2.19. The van der Waals surface area contributed by atoms with E-state index in [9.17, 15) is 18.0 Å². The molecule has 0 radical (unpaired) electrons. The van der Waals surface area contributed by atoms with Crippen LogP contribution in [0.2, 0.25) is 0 Å². The number of nitrogens with one attached hydrogen (secondary N) is 1. The molecule has 1 aliphatic carbocycles. The van der Waals surface area contributed by atoms with E-state index in [-0.39, 0.29) is 17.2 Å². The Labute approximate surface area is 167 Å². The number of likely N-dealkylation sites (tertiary alicyclic amines) is 1. The maximum absolute atomic E-state index is 12.3. The largest absolute Gasteiger partial charge is 0.573 e. The van der Waals surface area contributed by atoms with Crippen LogP contribution in [-0.2, 0) is 6.42 Å². The van der Waals surface area contributed by atoms with Crippen LogP contribution >= 0.6 is 0 Å². The average molecular weight is 404 g/mol. The van der Waals surface area contributed by atoms with Gasteiger partial charge < -0.3 is 15.0 Å². The Morgan fingerprint density at radius 2 is 1.79 bits per heavy atom. The number of fused-ring (bicyclic) bond motifs is 1. The summed E-state index contributed by atoms with van der Waals surface area (Å²) in [6, 6.07) is 15.6. The summed E-state index contributed by atoms with van der Waals surface area (Å²) in [6.07, 6.45) is -3.73. The molecule has 0 aromatic heterocycles. The Morgan fingerprint density at radius 3 is 2.48 bits per heavy atom. The van der Waals surface area contributed by atoms with E-state index in [1.54, 1.807) is 0 Å². The number of rotatable bonds is 7. The highest BCUT2D eigenvalue weighted by Gasteiger charge is 2.54. The van der Waals surface area contributed by atoms with E-state index in [0.717, 1.165) is 32.1 Å². The number of amides is 1. The molecule has 2 aromatic carbocycles. The molecular weight excluding hydrogens is 381 g/mol. The van der Waals surface area contributed by atoms with Crippen molar-refractivity contribution < 1.29 is 22.7 Å². The number of nitrogens with zero attached hydrogens (tertiary/aromatic N) is 1. The monoisotopic (exact) mass is 404 g/mol. The van der Waals surface area contributed by atoms with Gasteiger partial charge in [0.2, 0.25) is 0 Å². The van der Waals surface area contributed by atoms with Crippen LogP contribution in [0.1, 0.15) is 15.9 Å². The van der Waals surface area contributed by atoms with Gasteiger partial charge in [0.25, 0.3) is 5.91 Å². The number of carbonyl (C=O) groups is 1. The first kappa shape index (κ1) is 19.8. The third kappa shape index (κ3) is 5.09. The van der Waals surface area contributed by atoms with Gasteiger partial charge in [-0.05, 0) is 47.9 Å². The van der Waals surface area contributed by atoms with Crippen LogP contribution < -0.4 is 10.1 Å². The van der Waals surface area contributed by atoms with Gasteiger partial charge in [-0.2, -0.15) is 0 Å². The van der Waals surface area contributed by atoms with Gasteiger partial charge in [-0.25, -0.2) is 0 Å². The molecule has 29 heavy (non-hydrogen) atoms. The van der Waals surface area contributed by atoms with E-state index in [4.69, 9.17) is 0 Å². The quantitative estimate of drug-likeness (QED) is 0.765. The van der Waals surface area contributed by atoms with Crippen LogP contribution in [0.5, 0.6) is 5.75 Å². The maximum atomic E-state index is 12.3. The van der Waals surface area contributed by atoms with Crippen molar-refractivity contribution in [2.75, 3.05) is 26.2 Å². The van der Waals surface area contributed by atoms with E-state index in [1.807, 2.05) is 6.07 Å². The van der Waals surface area contributed by atoms with Crippen LogP contribution in [0.25, 0.3) is 0 Å². The van der Waals surface area contributed by atoms with Crippen molar-refractivity contribution in [2.24, 2.45) is 17.8 Å². The third-order valence-electron chi connectivity index (χ3n) is 5.83. The summed E-state index contributed by atoms with van der Waals surface area (Å²) in [5, 5.41) is 2.86. The number of hydrogen-bond acceptors (Lipinski definition) is 3. The van der Waals surface area contributed by atoms with Gasteiger partial charge >= 0.3 is 6.36 Å². The smallest absolute Gasteiger partial charge is 0.406 e. The topological polar surface area (TPSA) is 41.6 Å². The first-order valence-corrected chi connectivity index (χ1v) is 9.79. The molecule has 2 fully saturated rings. The Bertz CT molecular complexity index is 845. The highest BCUT2D eigenvalue weighted by Crippen LogP contribution is 2.51. The molecule has 1 saturated heterocycles. The fourth-order valence-electron chi connectivity index (χ4n) is 4.30. The molecule has 4 nitrogen and oxygen atoms in total. The van der Waals surface area contributed by atoms with E-state index in [1.165, 1.54) is 23.8 Å². The van der Waals surface area contributed by atoms with Gasteiger partial charge in [0.05, 0.1) is 0 Å². The van der Waals surface area contributed by atoms with Crippen LogP contribution in [-0.4, -0.2) is 43.3 Å². The minimum Gasteiger partial charge on any atom is -0.406 e. The Balaban J connectivity index is 1.20. The van der Waals surface area contributed by atoms with E-state index in [0.29, 0.717) is 24.3 Å². The number of ether oxygens (including phenoxy) is 1. The van der Waals surface area contributed by atoms with Gasteiger partial charge in [-0.1, -0.05) is 36.4 Å². The zero-order valence-corrected chi connectivity index (χ0v) is 15.9. The molecule has 1 N–H and O–H groups in total. The standard InChI is InChI=1S/C22H23F3N2O2/c23-22(24,25)29-17-8-4-7-16(11-17)21(28)26-12-18-19-13-27(14-20(18)19)10-9-15-5-2-1-3-6-15/h1-8,11,18-20H,9-10,12-14H2,(H,26,28). The lowest BCUT2D eigenvalue weighted by atomic mass is 10.1. The molecule has 1 aliphatic heterocycles. The number of hydrogen-bond donors (Lipinski definition) is 1. The van der Waals surface area contributed by atoms with Gasteiger partial charge in [0.1, 0.15) is 5.75 Å². The van der Waals surface area contributed by atoms with Crippen molar-refractivity contribution in [2.45, 2.75) is 12.8 Å². The van der Waals surface area contributed by atoms with Crippen LogP contribution in [0.15, 0.2) is 54.6 Å². The molecule has 2 unspecified atom stereocenters. The second-order valence-electron chi connectivity index (χ2n) is 7.77. The zero-order chi connectivity index (χ0) is 20.4. The predicted molar refractivity (Wildman–Crippen MR) is 103 cm³/mol.